The Morgan fingerprint density at radius 1 is 0.968 bits per heavy atom. The van der Waals surface area contributed by atoms with E-state index in [1.54, 1.807) is 33.6 Å². The molecule has 1 amide bonds. The van der Waals surface area contributed by atoms with Gasteiger partial charge in [0.1, 0.15) is 0 Å². The largest absolute Gasteiger partial charge is 0.324 e. The summed E-state index contributed by atoms with van der Waals surface area (Å²) < 4.78 is 3.83. The molecule has 2 aromatic carbocycles. The van der Waals surface area contributed by atoms with Gasteiger partial charge in [0.15, 0.2) is 0 Å². The molecule has 1 aliphatic heterocycles. The molecule has 0 spiro atoms. The molecule has 0 bridgehead atoms. The molecule has 3 aromatic rings. The number of hydrogen-bond acceptors (Lipinski definition) is 6. The molecule has 11 heteroatoms. The van der Waals surface area contributed by atoms with E-state index in [2.05, 4.69) is 25.5 Å². The van der Waals surface area contributed by atoms with Gasteiger partial charge in [-0.1, -0.05) is 35.3 Å². The van der Waals surface area contributed by atoms with Gasteiger partial charge >= 0.3 is 0 Å². The maximum atomic E-state index is 12.3. The summed E-state index contributed by atoms with van der Waals surface area (Å²) in [7, 11) is 0. The standard InChI is InChI=1S/C20H21Cl2N7OS/c21-15-5-7-16(8-6-15)29-20(31)28(24-25-29)14-27-11-9-26(10-12-27)13-19(30)23-18-4-2-1-3-17(18)22/h1-8H,9-14H2,(H,23,30). The van der Waals surface area contributed by atoms with E-state index in [-0.39, 0.29) is 5.91 Å². The topological polar surface area (TPSA) is 71.2 Å². The highest BCUT2D eigenvalue weighted by atomic mass is 35.5. The van der Waals surface area contributed by atoms with E-state index < -0.39 is 0 Å². The summed E-state index contributed by atoms with van der Waals surface area (Å²) in [4.78, 5) is 16.7. The van der Waals surface area contributed by atoms with Crippen molar-refractivity contribution in [3.63, 3.8) is 0 Å². The van der Waals surface area contributed by atoms with Gasteiger partial charge in [0, 0.05) is 31.2 Å². The van der Waals surface area contributed by atoms with Gasteiger partial charge < -0.3 is 5.32 Å². The highest BCUT2D eigenvalue weighted by Gasteiger charge is 2.20. The number of benzene rings is 2. The zero-order valence-corrected chi connectivity index (χ0v) is 18.9. The van der Waals surface area contributed by atoms with Crippen LogP contribution in [0.3, 0.4) is 0 Å². The Balaban J connectivity index is 1.29. The summed E-state index contributed by atoms with van der Waals surface area (Å²) in [6.45, 7) is 4.02. The van der Waals surface area contributed by atoms with Gasteiger partial charge in [-0.3, -0.25) is 14.6 Å². The van der Waals surface area contributed by atoms with Crippen molar-refractivity contribution in [3.05, 3.63) is 63.3 Å². The number of hydrogen-bond donors (Lipinski definition) is 1. The van der Waals surface area contributed by atoms with Gasteiger partial charge in [-0.05, 0) is 59.0 Å². The van der Waals surface area contributed by atoms with Crippen molar-refractivity contribution < 1.29 is 4.79 Å². The molecule has 0 unspecified atom stereocenters. The summed E-state index contributed by atoms with van der Waals surface area (Å²) >= 11 is 17.6. The highest BCUT2D eigenvalue weighted by molar-refractivity contribution is 7.71. The highest BCUT2D eigenvalue weighted by Crippen LogP contribution is 2.20. The lowest BCUT2D eigenvalue weighted by Crippen LogP contribution is -2.49. The zero-order valence-electron chi connectivity index (χ0n) is 16.6. The van der Waals surface area contributed by atoms with Crippen LogP contribution in [-0.4, -0.2) is 68.2 Å². The monoisotopic (exact) mass is 477 g/mol. The average Bonchev–Trinajstić information content (AvgIpc) is 3.12. The molecule has 4 rings (SSSR count). The predicted molar refractivity (Wildman–Crippen MR) is 123 cm³/mol. The molecule has 162 valence electrons. The van der Waals surface area contributed by atoms with Crippen LogP contribution in [0, 0.1) is 4.77 Å². The van der Waals surface area contributed by atoms with Gasteiger partial charge in [0.05, 0.1) is 29.6 Å². The number of tetrazole rings is 1. The van der Waals surface area contributed by atoms with Gasteiger partial charge in [-0.25, -0.2) is 4.68 Å². The second kappa shape index (κ2) is 9.88. The van der Waals surface area contributed by atoms with E-state index in [1.165, 1.54) is 0 Å². The number of piperazine rings is 1. The first-order chi connectivity index (χ1) is 15.0. The number of amides is 1. The molecular formula is C20H21Cl2N7OS. The maximum absolute atomic E-state index is 12.3. The summed E-state index contributed by atoms with van der Waals surface area (Å²) in [5, 5.41) is 12.4. The van der Waals surface area contributed by atoms with Crippen molar-refractivity contribution in [1.29, 1.82) is 0 Å². The van der Waals surface area contributed by atoms with Crippen LogP contribution in [0.25, 0.3) is 5.69 Å². The molecule has 1 fully saturated rings. The SMILES string of the molecule is O=C(CN1CCN(Cn2nnn(-c3ccc(Cl)cc3)c2=S)CC1)Nc1ccccc1Cl. The number of para-hydroxylation sites is 1. The lowest BCUT2D eigenvalue weighted by Gasteiger charge is -2.33. The Labute approximate surface area is 194 Å². The molecule has 1 aromatic heterocycles. The van der Waals surface area contributed by atoms with Crippen LogP contribution < -0.4 is 5.32 Å². The number of aromatic nitrogens is 4. The first-order valence-electron chi connectivity index (χ1n) is 9.77. The van der Waals surface area contributed by atoms with E-state index in [9.17, 15) is 4.79 Å². The van der Waals surface area contributed by atoms with E-state index in [0.717, 1.165) is 31.9 Å². The second-order valence-corrected chi connectivity index (χ2v) is 8.42. The lowest BCUT2D eigenvalue weighted by molar-refractivity contribution is -0.117. The molecule has 1 aliphatic rings. The van der Waals surface area contributed by atoms with E-state index in [4.69, 9.17) is 35.4 Å². The lowest BCUT2D eigenvalue weighted by atomic mass is 10.3. The van der Waals surface area contributed by atoms with Crippen molar-refractivity contribution in [2.45, 2.75) is 6.67 Å². The minimum atomic E-state index is -0.0744. The van der Waals surface area contributed by atoms with Crippen molar-refractivity contribution in [2.24, 2.45) is 0 Å². The molecule has 31 heavy (non-hydrogen) atoms. The van der Waals surface area contributed by atoms with Crippen molar-refractivity contribution in [3.8, 4) is 5.69 Å². The van der Waals surface area contributed by atoms with Gasteiger partial charge in [-0.15, -0.1) is 0 Å². The van der Waals surface area contributed by atoms with Gasteiger partial charge in [0.2, 0.25) is 10.7 Å². The minimum Gasteiger partial charge on any atom is -0.324 e. The molecule has 0 atom stereocenters. The number of carbonyl (C=O) groups excluding carboxylic acids is 1. The maximum Gasteiger partial charge on any atom is 0.238 e. The third kappa shape index (κ3) is 5.50. The molecule has 0 radical (unpaired) electrons. The fourth-order valence-electron chi connectivity index (χ4n) is 3.34. The zero-order chi connectivity index (χ0) is 21.8. The fraction of sp³-hybridized carbons (Fsp3) is 0.300. The molecule has 2 heterocycles. The number of nitrogens with one attached hydrogen (secondary N) is 1. The second-order valence-electron chi connectivity index (χ2n) is 7.21. The van der Waals surface area contributed by atoms with E-state index in [1.807, 2.05) is 24.3 Å². The van der Waals surface area contributed by atoms with Crippen LogP contribution in [-0.2, 0) is 11.5 Å². The number of anilines is 1. The molecule has 0 saturated carbocycles. The molecular weight excluding hydrogens is 457 g/mol. The Morgan fingerprint density at radius 2 is 1.65 bits per heavy atom. The van der Waals surface area contributed by atoms with Crippen LogP contribution >= 0.6 is 35.4 Å². The number of carbonyl (C=O) groups is 1. The van der Waals surface area contributed by atoms with Gasteiger partial charge in [-0.2, -0.15) is 4.68 Å². The van der Waals surface area contributed by atoms with E-state index >= 15 is 0 Å². The Kier molecular flexibility index (Phi) is 6.99. The quantitative estimate of drug-likeness (QED) is 0.549. The molecule has 1 N–H and O–H groups in total. The smallest absolute Gasteiger partial charge is 0.238 e. The summed E-state index contributed by atoms with van der Waals surface area (Å²) in [6.07, 6.45) is 0. The number of nitrogens with zero attached hydrogens (tertiary/aromatic N) is 6. The Bertz CT molecular complexity index is 1110. The van der Waals surface area contributed by atoms with Crippen LogP contribution in [0.4, 0.5) is 5.69 Å². The first kappa shape index (κ1) is 21.9. The van der Waals surface area contributed by atoms with Crippen LogP contribution in [0.2, 0.25) is 10.0 Å². The van der Waals surface area contributed by atoms with Crippen molar-refractivity contribution >= 4 is 47.0 Å². The van der Waals surface area contributed by atoms with Crippen LogP contribution in [0.5, 0.6) is 0 Å². The summed E-state index contributed by atoms with van der Waals surface area (Å²) in [6, 6.07) is 14.5. The molecule has 8 nitrogen and oxygen atoms in total. The third-order valence-electron chi connectivity index (χ3n) is 5.02. The fourth-order valence-corrected chi connectivity index (χ4v) is 3.89. The number of rotatable bonds is 6. The summed E-state index contributed by atoms with van der Waals surface area (Å²) in [5.74, 6) is -0.0744. The Morgan fingerprint density at radius 3 is 2.35 bits per heavy atom. The predicted octanol–water partition coefficient (Wildman–Crippen LogP) is 3.32. The Hall–Kier alpha value is -2.30. The van der Waals surface area contributed by atoms with Gasteiger partial charge in [0.25, 0.3) is 0 Å². The first-order valence-corrected chi connectivity index (χ1v) is 10.9. The van der Waals surface area contributed by atoms with Crippen molar-refractivity contribution in [1.82, 2.24) is 29.6 Å². The third-order valence-corrected chi connectivity index (χ3v) is 5.99. The van der Waals surface area contributed by atoms with Crippen LogP contribution in [0.1, 0.15) is 0 Å². The minimum absolute atomic E-state index is 0.0744. The van der Waals surface area contributed by atoms with E-state index in [0.29, 0.717) is 33.7 Å². The average molecular weight is 478 g/mol. The molecule has 1 saturated heterocycles. The van der Waals surface area contributed by atoms with Crippen molar-refractivity contribution in [2.75, 3.05) is 38.0 Å². The number of halogens is 2. The molecule has 0 aliphatic carbocycles. The van der Waals surface area contributed by atoms with Crippen LogP contribution in [0.15, 0.2) is 48.5 Å². The summed E-state index contributed by atoms with van der Waals surface area (Å²) in [5.41, 5.74) is 1.45. The normalized spacial score (nSPS) is 15.2.